The SMILES string of the molecule is CC1=C(O)C(=O)C2C(=O)C1C(C)C2c1ccccc1C. The minimum absolute atomic E-state index is 0.0222. The molecule has 1 saturated carbocycles. The van der Waals surface area contributed by atoms with Gasteiger partial charge in [0.15, 0.2) is 11.5 Å². The molecular weight excluding hydrogens is 252 g/mol. The Morgan fingerprint density at radius 3 is 2.35 bits per heavy atom. The smallest absolute Gasteiger partial charge is 0.208 e. The number of aliphatic hydroxyl groups is 1. The van der Waals surface area contributed by atoms with Crippen molar-refractivity contribution in [1.82, 2.24) is 0 Å². The molecule has 0 aliphatic heterocycles. The van der Waals surface area contributed by atoms with Crippen LogP contribution in [0.4, 0.5) is 0 Å². The third-order valence-corrected chi connectivity index (χ3v) is 4.97. The van der Waals surface area contributed by atoms with Gasteiger partial charge in [0.05, 0.1) is 5.92 Å². The van der Waals surface area contributed by atoms with Crippen LogP contribution in [0.2, 0.25) is 0 Å². The molecule has 3 nitrogen and oxygen atoms in total. The number of rotatable bonds is 1. The third kappa shape index (κ3) is 1.52. The second kappa shape index (κ2) is 4.30. The van der Waals surface area contributed by atoms with E-state index in [1.165, 1.54) is 0 Å². The molecule has 3 rings (SSSR count). The van der Waals surface area contributed by atoms with Crippen molar-refractivity contribution in [2.75, 3.05) is 0 Å². The molecule has 2 aliphatic rings. The Labute approximate surface area is 118 Å². The fourth-order valence-corrected chi connectivity index (χ4v) is 3.95. The normalized spacial score (nSPS) is 33.0. The quantitative estimate of drug-likeness (QED) is 0.798. The van der Waals surface area contributed by atoms with Crippen LogP contribution in [0.3, 0.4) is 0 Å². The number of hydrogen-bond donors (Lipinski definition) is 1. The summed E-state index contributed by atoms with van der Waals surface area (Å²) in [4.78, 5) is 24.8. The molecule has 1 aromatic rings. The van der Waals surface area contributed by atoms with Crippen LogP contribution >= 0.6 is 0 Å². The fraction of sp³-hybridized carbons (Fsp3) is 0.412. The maximum atomic E-state index is 12.5. The van der Waals surface area contributed by atoms with Gasteiger partial charge < -0.3 is 5.11 Å². The maximum absolute atomic E-state index is 12.5. The summed E-state index contributed by atoms with van der Waals surface area (Å²) in [5, 5.41) is 9.97. The highest BCUT2D eigenvalue weighted by molar-refractivity contribution is 6.16. The van der Waals surface area contributed by atoms with Gasteiger partial charge in [-0.2, -0.15) is 0 Å². The van der Waals surface area contributed by atoms with Gasteiger partial charge in [-0.15, -0.1) is 0 Å². The Bertz CT molecular complexity index is 641. The summed E-state index contributed by atoms with van der Waals surface area (Å²) in [5.41, 5.74) is 2.69. The first-order chi connectivity index (χ1) is 9.45. The Morgan fingerprint density at radius 1 is 1.05 bits per heavy atom. The monoisotopic (exact) mass is 270 g/mol. The van der Waals surface area contributed by atoms with E-state index < -0.39 is 11.7 Å². The topological polar surface area (TPSA) is 54.4 Å². The number of allylic oxidation sites excluding steroid dienone is 2. The molecule has 0 radical (unpaired) electrons. The summed E-state index contributed by atoms with van der Waals surface area (Å²) in [6.45, 7) is 5.71. The first-order valence-corrected chi connectivity index (χ1v) is 6.98. The van der Waals surface area contributed by atoms with E-state index in [0.717, 1.165) is 11.1 Å². The molecule has 3 heteroatoms. The predicted molar refractivity (Wildman–Crippen MR) is 75.4 cm³/mol. The zero-order valence-corrected chi connectivity index (χ0v) is 11.9. The lowest BCUT2D eigenvalue weighted by molar-refractivity contribution is -0.133. The molecule has 2 bridgehead atoms. The molecule has 104 valence electrons. The third-order valence-electron chi connectivity index (χ3n) is 4.97. The summed E-state index contributed by atoms with van der Waals surface area (Å²) >= 11 is 0. The van der Waals surface area contributed by atoms with Crippen LogP contribution in [0.5, 0.6) is 0 Å². The average molecular weight is 270 g/mol. The van der Waals surface area contributed by atoms with Crippen molar-refractivity contribution in [2.24, 2.45) is 17.8 Å². The van der Waals surface area contributed by atoms with E-state index in [1.807, 2.05) is 38.1 Å². The van der Waals surface area contributed by atoms with Gasteiger partial charge in [0, 0.05) is 11.8 Å². The lowest BCUT2D eigenvalue weighted by atomic mass is 9.80. The number of carbonyl (C=O) groups excluding carboxylic acids is 2. The van der Waals surface area contributed by atoms with Crippen LogP contribution in [0.1, 0.15) is 30.9 Å². The van der Waals surface area contributed by atoms with Crippen molar-refractivity contribution in [1.29, 1.82) is 0 Å². The van der Waals surface area contributed by atoms with Gasteiger partial charge >= 0.3 is 0 Å². The highest BCUT2D eigenvalue weighted by Gasteiger charge is 2.56. The number of aliphatic hydroxyl groups excluding tert-OH is 1. The number of hydrogen-bond acceptors (Lipinski definition) is 3. The molecule has 4 unspecified atom stereocenters. The Hall–Kier alpha value is -1.90. The summed E-state index contributed by atoms with van der Waals surface area (Å²) in [6, 6.07) is 7.88. The first-order valence-electron chi connectivity index (χ1n) is 6.98. The zero-order chi connectivity index (χ0) is 14.6. The maximum Gasteiger partial charge on any atom is 0.208 e. The second-order valence-electron chi connectivity index (χ2n) is 6.00. The van der Waals surface area contributed by atoms with E-state index in [-0.39, 0.29) is 29.3 Å². The molecule has 0 heterocycles. The molecule has 1 N–H and O–H groups in total. The number of fused-ring (bicyclic) bond motifs is 2. The van der Waals surface area contributed by atoms with Gasteiger partial charge in [0.1, 0.15) is 0 Å². The van der Waals surface area contributed by atoms with Crippen molar-refractivity contribution in [3.8, 4) is 0 Å². The predicted octanol–water partition coefficient (Wildman–Crippen LogP) is 2.94. The summed E-state index contributed by atoms with van der Waals surface area (Å²) in [6.07, 6.45) is 0. The lowest BCUT2D eigenvalue weighted by Gasteiger charge is -2.22. The van der Waals surface area contributed by atoms with Gasteiger partial charge in [-0.3, -0.25) is 9.59 Å². The molecular formula is C17H18O3. The van der Waals surface area contributed by atoms with Crippen LogP contribution in [0, 0.1) is 24.7 Å². The summed E-state index contributed by atoms with van der Waals surface area (Å²) in [7, 11) is 0. The molecule has 4 atom stereocenters. The molecule has 0 amide bonds. The molecule has 1 fully saturated rings. The summed E-state index contributed by atoms with van der Waals surface area (Å²) in [5.74, 6) is -1.72. The highest BCUT2D eigenvalue weighted by atomic mass is 16.3. The number of aryl methyl sites for hydroxylation is 1. The summed E-state index contributed by atoms with van der Waals surface area (Å²) < 4.78 is 0. The van der Waals surface area contributed by atoms with Crippen LogP contribution < -0.4 is 0 Å². The average Bonchev–Trinajstić information content (AvgIpc) is 2.64. The van der Waals surface area contributed by atoms with E-state index in [2.05, 4.69) is 0 Å². The zero-order valence-electron chi connectivity index (χ0n) is 11.9. The van der Waals surface area contributed by atoms with Gasteiger partial charge in [-0.05, 0) is 36.5 Å². The molecule has 1 aromatic carbocycles. The molecule has 0 aromatic heterocycles. The van der Waals surface area contributed by atoms with Crippen LogP contribution in [0.15, 0.2) is 35.6 Å². The van der Waals surface area contributed by atoms with Crippen molar-refractivity contribution in [3.63, 3.8) is 0 Å². The Balaban J connectivity index is 2.16. The number of ketones is 2. The molecule has 0 saturated heterocycles. The van der Waals surface area contributed by atoms with Gasteiger partial charge in [0.25, 0.3) is 0 Å². The molecule has 2 aliphatic carbocycles. The number of Topliss-reactive ketones (excluding diaryl/α,β-unsaturated/α-hetero) is 2. The van der Waals surface area contributed by atoms with Gasteiger partial charge in [-0.25, -0.2) is 0 Å². The van der Waals surface area contributed by atoms with Crippen LogP contribution in [-0.2, 0) is 9.59 Å². The first kappa shape index (κ1) is 13.1. The van der Waals surface area contributed by atoms with E-state index in [9.17, 15) is 14.7 Å². The molecule has 0 spiro atoms. The molecule has 20 heavy (non-hydrogen) atoms. The van der Waals surface area contributed by atoms with E-state index in [1.54, 1.807) is 6.92 Å². The number of carbonyl (C=O) groups is 2. The van der Waals surface area contributed by atoms with Crippen LogP contribution in [0.25, 0.3) is 0 Å². The van der Waals surface area contributed by atoms with E-state index in [4.69, 9.17) is 0 Å². The lowest BCUT2D eigenvalue weighted by Crippen LogP contribution is -2.32. The van der Waals surface area contributed by atoms with Crippen molar-refractivity contribution >= 4 is 11.6 Å². The Morgan fingerprint density at radius 2 is 1.70 bits per heavy atom. The largest absolute Gasteiger partial charge is 0.504 e. The highest BCUT2D eigenvalue weighted by Crippen LogP contribution is 2.52. The van der Waals surface area contributed by atoms with E-state index >= 15 is 0 Å². The fourth-order valence-electron chi connectivity index (χ4n) is 3.95. The Kier molecular flexibility index (Phi) is 2.82. The van der Waals surface area contributed by atoms with Gasteiger partial charge in [0.2, 0.25) is 5.78 Å². The number of benzene rings is 1. The standard InChI is InChI=1S/C17H18O3/c1-8-6-4-5-7-11(8)13-9(2)12-10(3)15(18)17(20)14(13)16(12)19/h4-7,9,12-14,18H,1-3H3. The van der Waals surface area contributed by atoms with Crippen molar-refractivity contribution < 1.29 is 14.7 Å². The van der Waals surface area contributed by atoms with E-state index in [0.29, 0.717) is 5.57 Å². The van der Waals surface area contributed by atoms with Gasteiger partial charge in [-0.1, -0.05) is 31.2 Å². The minimum atomic E-state index is -0.709. The second-order valence-corrected chi connectivity index (χ2v) is 6.00. The van der Waals surface area contributed by atoms with Crippen molar-refractivity contribution in [2.45, 2.75) is 26.7 Å². The van der Waals surface area contributed by atoms with Crippen molar-refractivity contribution in [3.05, 3.63) is 46.7 Å². The van der Waals surface area contributed by atoms with Crippen LogP contribution in [-0.4, -0.2) is 16.7 Å². The minimum Gasteiger partial charge on any atom is -0.504 e.